The van der Waals surface area contributed by atoms with Gasteiger partial charge in [0.2, 0.25) is 5.91 Å². The normalized spacial score (nSPS) is 26.1. The lowest BCUT2D eigenvalue weighted by Gasteiger charge is -2.39. The summed E-state index contributed by atoms with van der Waals surface area (Å²) in [6.45, 7) is 8.34. The maximum absolute atomic E-state index is 12.3. The fourth-order valence-electron chi connectivity index (χ4n) is 1.76. The van der Waals surface area contributed by atoms with Crippen LogP contribution >= 0.6 is 0 Å². The first kappa shape index (κ1) is 12.5. The zero-order valence-electron chi connectivity index (χ0n) is 9.95. The molecule has 1 amide bonds. The van der Waals surface area contributed by atoms with Crippen LogP contribution in [0, 0.1) is 5.41 Å². The molecule has 0 aromatic heterocycles. The molecule has 0 aromatic carbocycles. The van der Waals surface area contributed by atoms with Crippen LogP contribution in [0.5, 0.6) is 0 Å². The van der Waals surface area contributed by atoms with Crippen molar-refractivity contribution in [3.05, 3.63) is 0 Å². The van der Waals surface area contributed by atoms with Crippen molar-refractivity contribution < 1.29 is 9.53 Å². The molecule has 0 aliphatic carbocycles. The lowest BCUT2D eigenvalue weighted by atomic mass is 9.85. The summed E-state index contributed by atoms with van der Waals surface area (Å²) in [5.74, 6) is 0.170. The maximum Gasteiger partial charge on any atom is 0.230 e. The van der Waals surface area contributed by atoms with Gasteiger partial charge in [0.15, 0.2) is 0 Å². The molecule has 1 heterocycles. The number of hydrogen-bond acceptors (Lipinski definition) is 3. The van der Waals surface area contributed by atoms with Gasteiger partial charge in [0, 0.05) is 13.1 Å². The van der Waals surface area contributed by atoms with Gasteiger partial charge in [0.25, 0.3) is 0 Å². The van der Waals surface area contributed by atoms with E-state index in [1.807, 2.05) is 25.7 Å². The number of nitrogens with zero attached hydrogens (tertiary/aromatic N) is 1. The molecule has 1 rings (SSSR count). The highest BCUT2D eigenvalue weighted by atomic mass is 16.5. The van der Waals surface area contributed by atoms with Crippen LogP contribution in [0.2, 0.25) is 0 Å². The number of carbonyl (C=O) groups excluding carboxylic acids is 1. The van der Waals surface area contributed by atoms with Crippen molar-refractivity contribution in [2.24, 2.45) is 11.1 Å². The summed E-state index contributed by atoms with van der Waals surface area (Å²) in [6, 6.07) is 0.170. The second-order valence-corrected chi connectivity index (χ2v) is 4.54. The monoisotopic (exact) mass is 214 g/mol. The topological polar surface area (TPSA) is 55.6 Å². The third-order valence-corrected chi connectivity index (χ3v) is 3.38. The van der Waals surface area contributed by atoms with Gasteiger partial charge in [0.05, 0.1) is 24.7 Å². The first-order chi connectivity index (χ1) is 7.05. The number of amides is 1. The molecule has 0 bridgehead atoms. The van der Waals surface area contributed by atoms with E-state index in [4.69, 9.17) is 10.5 Å². The Morgan fingerprint density at radius 1 is 1.67 bits per heavy atom. The average Bonchev–Trinajstić information content (AvgIpc) is 2.28. The summed E-state index contributed by atoms with van der Waals surface area (Å²) in [5.41, 5.74) is 5.28. The van der Waals surface area contributed by atoms with Gasteiger partial charge >= 0.3 is 0 Å². The van der Waals surface area contributed by atoms with Crippen LogP contribution in [0.4, 0.5) is 0 Å². The molecule has 1 aliphatic rings. The third kappa shape index (κ3) is 2.49. The van der Waals surface area contributed by atoms with E-state index in [0.29, 0.717) is 26.3 Å². The van der Waals surface area contributed by atoms with E-state index < -0.39 is 5.41 Å². The van der Waals surface area contributed by atoms with Gasteiger partial charge in [-0.25, -0.2) is 0 Å². The van der Waals surface area contributed by atoms with Crippen molar-refractivity contribution in [3.63, 3.8) is 0 Å². The minimum Gasteiger partial charge on any atom is -0.377 e. The van der Waals surface area contributed by atoms with Crippen LogP contribution in [0.25, 0.3) is 0 Å². The zero-order valence-corrected chi connectivity index (χ0v) is 9.95. The summed E-state index contributed by atoms with van der Waals surface area (Å²) >= 11 is 0. The average molecular weight is 214 g/mol. The van der Waals surface area contributed by atoms with Gasteiger partial charge in [-0.15, -0.1) is 0 Å². The first-order valence-electron chi connectivity index (χ1n) is 5.64. The summed E-state index contributed by atoms with van der Waals surface area (Å²) in [4.78, 5) is 14.2. The van der Waals surface area contributed by atoms with E-state index in [9.17, 15) is 4.79 Å². The Kier molecular flexibility index (Phi) is 4.11. The van der Waals surface area contributed by atoms with E-state index in [0.717, 1.165) is 6.42 Å². The fourth-order valence-corrected chi connectivity index (χ4v) is 1.76. The Morgan fingerprint density at radius 2 is 2.33 bits per heavy atom. The van der Waals surface area contributed by atoms with Crippen molar-refractivity contribution in [3.8, 4) is 0 Å². The Bertz CT molecular complexity index is 227. The van der Waals surface area contributed by atoms with Gasteiger partial charge in [-0.05, 0) is 20.3 Å². The highest BCUT2D eigenvalue weighted by Gasteiger charge is 2.36. The lowest BCUT2D eigenvalue weighted by molar-refractivity contribution is -0.149. The molecule has 15 heavy (non-hydrogen) atoms. The third-order valence-electron chi connectivity index (χ3n) is 3.38. The lowest BCUT2D eigenvalue weighted by Crippen LogP contribution is -2.54. The van der Waals surface area contributed by atoms with Crippen LogP contribution in [0.15, 0.2) is 0 Å². The number of nitrogens with two attached hydrogens (primary N) is 1. The summed E-state index contributed by atoms with van der Waals surface area (Å²) in [6.07, 6.45) is 0.784. The molecular formula is C11H22N2O2. The molecule has 1 aliphatic heterocycles. The molecule has 4 heteroatoms. The molecular weight excluding hydrogens is 192 g/mol. The fraction of sp³-hybridized carbons (Fsp3) is 0.909. The molecule has 0 radical (unpaired) electrons. The summed E-state index contributed by atoms with van der Waals surface area (Å²) < 4.78 is 5.32. The van der Waals surface area contributed by atoms with E-state index in [1.165, 1.54) is 0 Å². The van der Waals surface area contributed by atoms with Crippen LogP contribution in [0.1, 0.15) is 27.2 Å². The quantitative estimate of drug-likeness (QED) is 0.749. The van der Waals surface area contributed by atoms with Crippen LogP contribution in [-0.2, 0) is 9.53 Å². The molecule has 1 saturated heterocycles. The van der Waals surface area contributed by atoms with E-state index in [-0.39, 0.29) is 11.9 Å². The summed E-state index contributed by atoms with van der Waals surface area (Å²) in [7, 11) is 0. The Balaban J connectivity index is 2.73. The largest absolute Gasteiger partial charge is 0.377 e. The van der Waals surface area contributed by atoms with Gasteiger partial charge in [-0.3, -0.25) is 4.79 Å². The zero-order chi connectivity index (χ0) is 11.5. The molecule has 2 atom stereocenters. The SMILES string of the molecule is CCC(C)(CN)C(=O)N1CCOCC1C. The van der Waals surface area contributed by atoms with Gasteiger partial charge < -0.3 is 15.4 Å². The molecule has 0 aromatic rings. The Labute approximate surface area is 91.8 Å². The second-order valence-electron chi connectivity index (χ2n) is 4.54. The Morgan fingerprint density at radius 3 is 2.80 bits per heavy atom. The first-order valence-corrected chi connectivity index (χ1v) is 5.64. The molecule has 4 nitrogen and oxygen atoms in total. The number of hydrogen-bond donors (Lipinski definition) is 1. The Hall–Kier alpha value is -0.610. The highest BCUT2D eigenvalue weighted by molar-refractivity contribution is 5.83. The predicted molar refractivity (Wildman–Crippen MR) is 59.4 cm³/mol. The predicted octanol–water partition coefficient (Wildman–Crippen LogP) is 0.609. The molecule has 0 spiro atoms. The number of morpholine rings is 1. The molecule has 88 valence electrons. The highest BCUT2D eigenvalue weighted by Crippen LogP contribution is 2.24. The second kappa shape index (κ2) is 4.94. The summed E-state index contributed by atoms with van der Waals surface area (Å²) in [5, 5.41) is 0. The molecule has 2 unspecified atom stereocenters. The van der Waals surface area contributed by atoms with E-state index in [1.54, 1.807) is 0 Å². The number of rotatable bonds is 3. The molecule has 2 N–H and O–H groups in total. The smallest absolute Gasteiger partial charge is 0.230 e. The van der Waals surface area contributed by atoms with Crippen LogP contribution in [-0.4, -0.2) is 43.2 Å². The standard InChI is InChI=1S/C11H22N2O2/c1-4-11(3,8-12)10(14)13-5-6-15-7-9(13)2/h9H,4-8,12H2,1-3H3. The van der Waals surface area contributed by atoms with E-state index >= 15 is 0 Å². The van der Waals surface area contributed by atoms with Crippen molar-refractivity contribution in [2.45, 2.75) is 33.2 Å². The van der Waals surface area contributed by atoms with Crippen LogP contribution in [0.3, 0.4) is 0 Å². The minimum atomic E-state index is -0.411. The van der Waals surface area contributed by atoms with Gasteiger partial charge in [-0.2, -0.15) is 0 Å². The van der Waals surface area contributed by atoms with Crippen molar-refractivity contribution in [1.82, 2.24) is 4.90 Å². The van der Waals surface area contributed by atoms with E-state index in [2.05, 4.69) is 0 Å². The number of carbonyl (C=O) groups is 1. The van der Waals surface area contributed by atoms with Gasteiger partial charge in [-0.1, -0.05) is 6.92 Å². The van der Waals surface area contributed by atoms with Crippen molar-refractivity contribution in [1.29, 1.82) is 0 Å². The maximum atomic E-state index is 12.3. The molecule has 0 saturated carbocycles. The minimum absolute atomic E-state index is 0.170. The van der Waals surface area contributed by atoms with Crippen molar-refractivity contribution >= 4 is 5.91 Å². The molecule has 1 fully saturated rings. The van der Waals surface area contributed by atoms with Crippen LogP contribution < -0.4 is 5.73 Å². The van der Waals surface area contributed by atoms with Crippen molar-refractivity contribution in [2.75, 3.05) is 26.3 Å². The van der Waals surface area contributed by atoms with Gasteiger partial charge in [0.1, 0.15) is 0 Å². The number of ether oxygens (including phenoxy) is 1.